The normalized spacial score (nSPS) is 22.2. The van der Waals surface area contributed by atoms with Crippen LogP contribution in [0.25, 0.3) is 0 Å². The number of carbonyl (C=O) groups is 1. The van der Waals surface area contributed by atoms with Gasteiger partial charge >= 0.3 is 5.97 Å². The molecule has 92 valence electrons. The van der Waals surface area contributed by atoms with Crippen molar-refractivity contribution in [3.63, 3.8) is 0 Å². The van der Waals surface area contributed by atoms with E-state index in [9.17, 15) is 9.18 Å². The maximum absolute atomic E-state index is 13.1. The second kappa shape index (κ2) is 4.33. The summed E-state index contributed by atoms with van der Waals surface area (Å²) in [5.74, 6) is -1.16. The van der Waals surface area contributed by atoms with Crippen LogP contribution >= 0.6 is 0 Å². The number of carboxylic acid groups (broad SMARTS) is 1. The first-order chi connectivity index (χ1) is 7.98. The van der Waals surface area contributed by atoms with Gasteiger partial charge < -0.3 is 14.6 Å². The van der Waals surface area contributed by atoms with Crippen molar-refractivity contribution in [2.45, 2.75) is 18.9 Å². The second-order valence-electron chi connectivity index (χ2n) is 4.35. The lowest BCUT2D eigenvalue weighted by molar-refractivity contribution is -0.136. The summed E-state index contributed by atoms with van der Waals surface area (Å²) < 4.78 is 23.6. The van der Waals surface area contributed by atoms with Crippen LogP contribution in [0.2, 0.25) is 0 Å². The van der Waals surface area contributed by atoms with E-state index in [-0.39, 0.29) is 17.8 Å². The highest BCUT2D eigenvalue weighted by Crippen LogP contribution is 2.28. The Morgan fingerprint density at radius 3 is 2.94 bits per heavy atom. The number of hydrogen-bond acceptors (Lipinski definition) is 3. The third kappa shape index (κ3) is 3.17. The molecule has 0 radical (unpaired) electrons. The molecule has 0 aliphatic carbocycles. The number of halogens is 1. The van der Waals surface area contributed by atoms with E-state index in [4.69, 9.17) is 14.6 Å². The Morgan fingerprint density at radius 1 is 1.65 bits per heavy atom. The maximum atomic E-state index is 13.1. The average Bonchev–Trinajstić information content (AvgIpc) is 2.97. The lowest BCUT2D eigenvalue weighted by Gasteiger charge is -2.12. The van der Waals surface area contributed by atoms with Crippen LogP contribution in [0.4, 0.5) is 4.39 Å². The molecule has 0 saturated carbocycles. The molecule has 4 nitrogen and oxygen atoms in total. The Morgan fingerprint density at radius 2 is 2.35 bits per heavy atom. The van der Waals surface area contributed by atoms with Gasteiger partial charge in [-0.1, -0.05) is 6.07 Å². The van der Waals surface area contributed by atoms with Crippen molar-refractivity contribution >= 4 is 5.97 Å². The second-order valence-corrected chi connectivity index (χ2v) is 4.35. The van der Waals surface area contributed by atoms with Gasteiger partial charge in [0.25, 0.3) is 0 Å². The van der Waals surface area contributed by atoms with E-state index >= 15 is 0 Å². The summed E-state index contributed by atoms with van der Waals surface area (Å²) in [6, 6.07) is 3.85. The molecule has 2 rings (SSSR count). The molecule has 0 spiro atoms. The SMILES string of the molecule is C[C@]1(COc2cc(F)ccc2CC(=O)O)CO1. The van der Waals surface area contributed by atoms with Gasteiger partial charge in [0.05, 0.1) is 13.0 Å². The fraction of sp³-hybridized carbons (Fsp3) is 0.417. The van der Waals surface area contributed by atoms with Gasteiger partial charge in [-0.15, -0.1) is 0 Å². The molecule has 1 N–H and O–H groups in total. The average molecular weight is 240 g/mol. The molecule has 1 aromatic carbocycles. The highest BCUT2D eigenvalue weighted by molar-refractivity contribution is 5.71. The molecule has 0 unspecified atom stereocenters. The van der Waals surface area contributed by atoms with Gasteiger partial charge in [-0.05, 0) is 13.0 Å². The first kappa shape index (κ1) is 11.9. The summed E-state index contributed by atoms with van der Waals surface area (Å²) in [6.07, 6.45) is -0.187. The van der Waals surface area contributed by atoms with Crippen LogP contribution in [-0.2, 0) is 16.0 Å². The van der Waals surface area contributed by atoms with Gasteiger partial charge in [-0.2, -0.15) is 0 Å². The van der Waals surface area contributed by atoms with Crippen molar-refractivity contribution in [2.24, 2.45) is 0 Å². The molecule has 1 atom stereocenters. The Bertz CT molecular complexity index is 440. The maximum Gasteiger partial charge on any atom is 0.307 e. The predicted molar refractivity (Wildman–Crippen MR) is 57.6 cm³/mol. The lowest BCUT2D eigenvalue weighted by Crippen LogP contribution is -2.18. The molecule has 0 bridgehead atoms. The van der Waals surface area contributed by atoms with Crippen molar-refractivity contribution in [2.75, 3.05) is 13.2 Å². The molecule has 1 aromatic rings. The van der Waals surface area contributed by atoms with E-state index in [1.165, 1.54) is 18.2 Å². The summed E-state index contributed by atoms with van der Waals surface area (Å²) in [5.41, 5.74) is 0.149. The summed E-state index contributed by atoms with van der Waals surface area (Å²) in [4.78, 5) is 10.6. The number of hydrogen-bond donors (Lipinski definition) is 1. The number of aliphatic carboxylic acids is 1. The molecule has 1 saturated heterocycles. The van der Waals surface area contributed by atoms with Crippen molar-refractivity contribution in [3.05, 3.63) is 29.6 Å². The standard InChI is InChI=1S/C12H13FO4/c1-12(7-17-12)6-16-10-5-9(13)3-2-8(10)4-11(14)15/h2-3,5H,4,6-7H2,1H3,(H,14,15)/t12-/m0/s1. The fourth-order valence-electron chi connectivity index (χ4n) is 1.41. The molecule has 1 fully saturated rings. The molecule has 5 heteroatoms. The molecular weight excluding hydrogens is 227 g/mol. The highest BCUT2D eigenvalue weighted by Gasteiger charge is 2.40. The van der Waals surface area contributed by atoms with Crippen molar-refractivity contribution in [1.29, 1.82) is 0 Å². The topological polar surface area (TPSA) is 59.1 Å². The molecule has 1 aliphatic rings. The fourth-order valence-corrected chi connectivity index (χ4v) is 1.41. The summed E-state index contributed by atoms with van der Waals surface area (Å²) in [6.45, 7) is 2.78. The highest BCUT2D eigenvalue weighted by atomic mass is 19.1. The number of benzene rings is 1. The zero-order valence-corrected chi connectivity index (χ0v) is 9.40. The first-order valence-corrected chi connectivity index (χ1v) is 5.25. The third-order valence-electron chi connectivity index (χ3n) is 2.54. The monoisotopic (exact) mass is 240 g/mol. The zero-order chi connectivity index (χ0) is 12.5. The van der Waals surface area contributed by atoms with Gasteiger partial charge in [0.2, 0.25) is 0 Å². The van der Waals surface area contributed by atoms with Crippen LogP contribution < -0.4 is 4.74 Å². The van der Waals surface area contributed by atoms with E-state index < -0.39 is 11.8 Å². The largest absolute Gasteiger partial charge is 0.490 e. The summed E-state index contributed by atoms with van der Waals surface area (Å²) >= 11 is 0. The molecule has 17 heavy (non-hydrogen) atoms. The van der Waals surface area contributed by atoms with Crippen LogP contribution in [-0.4, -0.2) is 29.9 Å². The van der Waals surface area contributed by atoms with Crippen LogP contribution in [0.1, 0.15) is 12.5 Å². The third-order valence-corrected chi connectivity index (χ3v) is 2.54. The Kier molecular flexibility index (Phi) is 3.02. The van der Waals surface area contributed by atoms with Crippen molar-refractivity contribution < 1.29 is 23.8 Å². The van der Waals surface area contributed by atoms with Crippen molar-refractivity contribution in [3.8, 4) is 5.75 Å². The molecular formula is C12H13FO4. The van der Waals surface area contributed by atoms with E-state index in [0.29, 0.717) is 18.8 Å². The lowest BCUT2D eigenvalue weighted by atomic mass is 10.1. The summed E-state index contributed by atoms with van der Waals surface area (Å²) in [5, 5.41) is 8.73. The Labute approximate surface area is 98.0 Å². The Balaban J connectivity index is 2.11. The van der Waals surface area contributed by atoms with E-state index in [1.807, 2.05) is 6.92 Å². The quantitative estimate of drug-likeness (QED) is 0.794. The predicted octanol–water partition coefficient (Wildman–Crippen LogP) is 1.62. The van der Waals surface area contributed by atoms with Gasteiger partial charge in [0.15, 0.2) is 0 Å². The van der Waals surface area contributed by atoms with Crippen LogP contribution in [0.5, 0.6) is 5.75 Å². The first-order valence-electron chi connectivity index (χ1n) is 5.25. The minimum atomic E-state index is -0.977. The summed E-state index contributed by atoms with van der Waals surface area (Å²) in [7, 11) is 0. The van der Waals surface area contributed by atoms with Gasteiger partial charge in [-0.25, -0.2) is 4.39 Å². The van der Waals surface area contributed by atoms with E-state index in [2.05, 4.69) is 0 Å². The van der Waals surface area contributed by atoms with Gasteiger partial charge in [0.1, 0.15) is 23.8 Å². The number of carboxylic acids is 1. The van der Waals surface area contributed by atoms with Crippen LogP contribution in [0.15, 0.2) is 18.2 Å². The van der Waals surface area contributed by atoms with Gasteiger partial charge in [0, 0.05) is 11.6 Å². The number of rotatable bonds is 5. The number of ether oxygens (including phenoxy) is 2. The van der Waals surface area contributed by atoms with Crippen LogP contribution in [0, 0.1) is 5.82 Å². The van der Waals surface area contributed by atoms with Gasteiger partial charge in [-0.3, -0.25) is 4.79 Å². The minimum Gasteiger partial charge on any atom is -0.490 e. The molecule has 0 aromatic heterocycles. The smallest absolute Gasteiger partial charge is 0.307 e. The van der Waals surface area contributed by atoms with E-state index in [1.54, 1.807) is 0 Å². The molecule has 1 heterocycles. The zero-order valence-electron chi connectivity index (χ0n) is 9.40. The Hall–Kier alpha value is -1.62. The van der Waals surface area contributed by atoms with E-state index in [0.717, 1.165) is 0 Å². The molecule has 0 amide bonds. The number of epoxide rings is 1. The van der Waals surface area contributed by atoms with Crippen molar-refractivity contribution in [1.82, 2.24) is 0 Å². The molecule has 1 aliphatic heterocycles. The van der Waals surface area contributed by atoms with Crippen LogP contribution in [0.3, 0.4) is 0 Å². The minimum absolute atomic E-state index is 0.187.